The highest BCUT2D eigenvalue weighted by Crippen LogP contribution is 2.40. The predicted octanol–water partition coefficient (Wildman–Crippen LogP) is 3.92. The van der Waals surface area contributed by atoms with Gasteiger partial charge in [0.15, 0.2) is 0 Å². The van der Waals surface area contributed by atoms with Gasteiger partial charge in [0, 0.05) is 11.8 Å². The van der Waals surface area contributed by atoms with Gasteiger partial charge in [-0.15, -0.1) is 11.3 Å². The summed E-state index contributed by atoms with van der Waals surface area (Å²) in [5.74, 6) is -0.444. The van der Waals surface area contributed by atoms with Crippen LogP contribution >= 0.6 is 22.9 Å². The minimum absolute atomic E-state index is 0.0833. The molecule has 0 bridgehead atoms. The number of halogens is 2. The molecule has 0 saturated carbocycles. The van der Waals surface area contributed by atoms with E-state index in [-0.39, 0.29) is 5.02 Å². The van der Waals surface area contributed by atoms with E-state index in [9.17, 15) is 4.39 Å². The van der Waals surface area contributed by atoms with E-state index in [0.29, 0.717) is 16.2 Å². The molecule has 0 saturated heterocycles. The van der Waals surface area contributed by atoms with Crippen LogP contribution in [0.5, 0.6) is 0 Å². The van der Waals surface area contributed by atoms with Gasteiger partial charge in [-0.25, -0.2) is 4.39 Å². The van der Waals surface area contributed by atoms with Gasteiger partial charge in [0.2, 0.25) is 0 Å². The highest BCUT2D eigenvalue weighted by atomic mass is 35.5. The molecule has 4 N–H and O–H groups in total. The number of anilines is 2. The third-order valence-electron chi connectivity index (χ3n) is 2.87. The summed E-state index contributed by atoms with van der Waals surface area (Å²) in [5.41, 5.74) is 14.5. The molecular weight excluding hydrogens is 285 g/mol. The number of nitrogens with zero attached hydrogens (tertiary/aromatic N) is 1. The quantitative estimate of drug-likeness (QED) is 0.714. The number of aromatic nitrogens is 1. The van der Waals surface area contributed by atoms with Gasteiger partial charge in [0.25, 0.3) is 0 Å². The van der Waals surface area contributed by atoms with Gasteiger partial charge in [0.05, 0.1) is 15.4 Å². The Kier molecular flexibility index (Phi) is 2.80. The molecule has 0 amide bonds. The minimum atomic E-state index is -0.444. The second kappa shape index (κ2) is 4.36. The van der Waals surface area contributed by atoms with Crippen LogP contribution in [0.4, 0.5) is 15.1 Å². The van der Waals surface area contributed by atoms with Crippen LogP contribution in [0.1, 0.15) is 0 Å². The van der Waals surface area contributed by atoms with E-state index in [0.717, 1.165) is 15.8 Å². The van der Waals surface area contributed by atoms with Gasteiger partial charge < -0.3 is 11.5 Å². The Morgan fingerprint density at radius 1 is 1.21 bits per heavy atom. The van der Waals surface area contributed by atoms with Crippen LogP contribution in [0.2, 0.25) is 5.02 Å². The van der Waals surface area contributed by atoms with E-state index < -0.39 is 5.82 Å². The van der Waals surface area contributed by atoms with Crippen LogP contribution in [0.15, 0.2) is 30.5 Å². The average Bonchev–Trinajstić information content (AvgIpc) is 2.69. The van der Waals surface area contributed by atoms with Crippen molar-refractivity contribution < 1.29 is 4.39 Å². The number of hydrogen-bond acceptors (Lipinski definition) is 4. The van der Waals surface area contributed by atoms with Crippen molar-refractivity contribution in [3.05, 3.63) is 41.3 Å². The molecule has 0 spiro atoms. The summed E-state index contributed by atoms with van der Waals surface area (Å²) in [5, 5.41) is 0.614. The van der Waals surface area contributed by atoms with Crippen LogP contribution in [-0.2, 0) is 0 Å². The summed E-state index contributed by atoms with van der Waals surface area (Å²) >= 11 is 7.18. The second-order valence-electron chi connectivity index (χ2n) is 4.05. The molecule has 0 radical (unpaired) electrons. The molecule has 3 rings (SSSR count). The standard InChI is InChI=1S/C13H9ClFN3S/c14-8-5-6(1-2-9(8)15)7-3-4-18-11-10(16)13(17)19-12(7)11/h1-5H,16-17H2. The fourth-order valence-corrected chi connectivity index (χ4v) is 3.08. The molecule has 0 unspecified atom stereocenters. The average molecular weight is 294 g/mol. The van der Waals surface area contributed by atoms with Crippen molar-refractivity contribution in [3.8, 4) is 11.1 Å². The number of nitrogen functional groups attached to an aromatic ring is 2. The molecule has 0 aliphatic carbocycles. The van der Waals surface area contributed by atoms with E-state index in [1.807, 2.05) is 6.07 Å². The lowest BCUT2D eigenvalue weighted by Gasteiger charge is -2.04. The third-order valence-corrected chi connectivity index (χ3v) is 4.21. The van der Waals surface area contributed by atoms with Gasteiger partial charge in [0.1, 0.15) is 16.3 Å². The molecule has 96 valence electrons. The summed E-state index contributed by atoms with van der Waals surface area (Å²) in [4.78, 5) is 4.23. The Morgan fingerprint density at radius 3 is 2.74 bits per heavy atom. The molecule has 2 heterocycles. The number of hydrogen-bond donors (Lipinski definition) is 2. The zero-order valence-electron chi connectivity index (χ0n) is 9.65. The topological polar surface area (TPSA) is 64.9 Å². The lowest BCUT2D eigenvalue weighted by atomic mass is 10.1. The largest absolute Gasteiger partial charge is 0.395 e. The van der Waals surface area contributed by atoms with Gasteiger partial charge in [-0.05, 0) is 23.8 Å². The van der Waals surface area contributed by atoms with Crippen molar-refractivity contribution in [1.82, 2.24) is 4.98 Å². The SMILES string of the molecule is Nc1sc2c(-c3ccc(F)c(Cl)c3)ccnc2c1N. The van der Waals surface area contributed by atoms with Crippen LogP contribution in [0, 0.1) is 5.82 Å². The second-order valence-corrected chi connectivity index (χ2v) is 5.50. The molecule has 0 fully saturated rings. The van der Waals surface area contributed by atoms with Crippen LogP contribution < -0.4 is 11.5 Å². The van der Waals surface area contributed by atoms with Crippen molar-refractivity contribution in [2.75, 3.05) is 11.5 Å². The Morgan fingerprint density at radius 2 is 2.00 bits per heavy atom. The Labute approximate surface area is 117 Å². The first-order chi connectivity index (χ1) is 9.08. The van der Waals surface area contributed by atoms with Crippen molar-refractivity contribution in [2.24, 2.45) is 0 Å². The third kappa shape index (κ3) is 1.91. The predicted molar refractivity (Wildman–Crippen MR) is 78.8 cm³/mol. The number of thiophene rings is 1. The smallest absolute Gasteiger partial charge is 0.141 e. The number of rotatable bonds is 1. The zero-order chi connectivity index (χ0) is 13.6. The lowest BCUT2D eigenvalue weighted by Crippen LogP contribution is -1.89. The highest BCUT2D eigenvalue weighted by Gasteiger charge is 2.13. The first kappa shape index (κ1) is 12.2. The fourth-order valence-electron chi connectivity index (χ4n) is 1.92. The highest BCUT2D eigenvalue weighted by molar-refractivity contribution is 7.24. The molecule has 1 aromatic carbocycles. The maximum absolute atomic E-state index is 13.2. The summed E-state index contributed by atoms with van der Waals surface area (Å²) in [6.07, 6.45) is 1.65. The Balaban J connectivity index is 2.30. The van der Waals surface area contributed by atoms with E-state index >= 15 is 0 Å². The van der Waals surface area contributed by atoms with Crippen LogP contribution in [0.3, 0.4) is 0 Å². The number of benzene rings is 1. The van der Waals surface area contributed by atoms with E-state index in [1.165, 1.54) is 17.4 Å². The van der Waals surface area contributed by atoms with E-state index in [1.54, 1.807) is 18.3 Å². The number of fused-ring (bicyclic) bond motifs is 1. The monoisotopic (exact) mass is 293 g/mol. The maximum Gasteiger partial charge on any atom is 0.141 e. The molecule has 0 aliphatic heterocycles. The van der Waals surface area contributed by atoms with Gasteiger partial charge in [-0.2, -0.15) is 0 Å². The summed E-state index contributed by atoms with van der Waals surface area (Å²) in [6, 6.07) is 6.42. The van der Waals surface area contributed by atoms with Crippen LogP contribution in [-0.4, -0.2) is 4.98 Å². The van der Waals surface area contributed by atoms with Gasteiger partial charge in [-0.1, -0.05) is 17.7 Å². The van der Waals surface area contributed by atoms with Crippen molar-refractivity contribution in [3.63, 3.8) is 0 Å². The summed E-state index contributed by atoms with van der Waals surface area (Å²) < 4.78 is 14.1. The van der Waals surface area contributed by atoms with Gasteiger partial charge >= 0.3 is 0 Å². The normalized spacial score (nSPS) is 11.1. The first-order valence-corrected chi connectivity index (χ1v) is 6.65. The first-order valence-electron chi connectivity index (χ1n) is 5.46. The van der Waals surface area contributed by atoms with Crippen molar-refractivity contribution in [2.45, 2.75) is 0 Å². The lowest BCUT2D eigenvalue weighted by molar-refractivity contribution is 0.628. The van der Waals surface area contributed by atoms with Crippen LogP contribution in [0.25, 0.3) is 21.3 Å². The Bertz CT molecular complexity index is 785. The fraction of sp³-hybridized carbons (Fsp3) is 0. The maximum atomic E-state index is 13.2. The molecule has 6 heteroatoms. The molecule has 3 nitrogen and oxygen atoms in total. The summed E-state index contributed by atoms with van der Waals surface area (Å²) in [6.45, 7) is 0. The zero-order valence-corrected chi connectivity index (χ0v) is 11.2. The van der Waals surface area contributed by atoms with Crippen molar-refractivity contribution >= 4 is 43.8 Å². The number of pyridine rings is 1. The molecular formula is C13H9ClFN3S. The van der Waals surface area contributed by atoms with E-state index in [2.05, 4.69) is 4.98 Å². The minimum Gasteiger partial charge on any atom is -0.395 e. The number of nitrogens with two attached hydrogens (primary N) is 2. The summed E-state index contributed by atoms with van der Waals surface area (Å²) in [7, 11) is 0. The molecule has 3 aromatic rings. The molecule has 2 aromatic heterocycles. The molecule has 19 heavy (non-hydrogen) atoms. The van der Waals surface area contributed by atoms with Gasteiger partial charge in [-0.3, -0.25) is 4.98 Å². The molecule has 0 aliphatic rings. The van der Waals surface area contributed by atoms with E-state index in [4.69, 9.17) is 23.1 Å². The Hall–Kier alpha value is -1.85. The van der Waals surface area contributed by atoms with Crippen molar-refractivity contribution in [1.29, 1.82) is 0 Å². The molecule has 0 atom stereocenters.